The van der Waals surface area contributed by atoms with Crippen molar-refractivity contribution < 1.29 is 5.11 Å². The lowest BCUT2D eigenvalue weighted by Gasteiger charge is -2.36. The summed E-state index contributed by atoms with van der Waals surface area (Å²) in [6, 6.07) is 10.0. The molecule has 1 nitrogen and oxygen atoms in total. The van der Waals surface area contributed by atoms with Gasteiger partial charge in [-0.3, -0.25) is 0 Å². The van der Waals surface area contributed by atoms with Crippen LogP contribution in [0.1, 0.15) is 30.9 Å². The summed E-state index contributed by atoms with van der Waals surface area (Å²) < 4.78 is 0. The summed E-state index contributed by atoms with van der Waals surface area (Å²) in [5, 5.41) is 12.0. The standard InChI is InChI=1S/C19H18O/c1-12-3-8-18-17-6-4-13-11-14(20)5-7-15(13)16(17)9-10-19(12,18)2/h4-8,11,20H,1,3,9-10H2,2H3/t19-/m1/s1. The number of rotatable bonds is 0. The van der Waals surface area contributed by atoms with Crippen molar-refractivity contribution in [3.63, 3.8) is 0 Å². The van der Waals surface area contributed by atoms with Crippen LogP contribution in [0.15, 0.2) is 48.6 Å². The van der Waals surface area contributed by atoms with Crippen molar-refractivity contribution in [3.8, 4) is 5.75 Å². The minimum Gasteiger partial charge on any atom is -0.508 e. The predicted molar refractivity (Wildman–Crippen MR) is 83.8 cm³/mol. The van der Waals surface area contributed by atoms with Crippen LogP contribution < -0.4 is 0 Å². The van der Waals surface area contributed by atoms with Crippen LogP contribution in [-0.4, -0.2) is 5.11 Å². The summed E-state index contributed by atoms with van der Waals surface area (Å²) in [5.41, 5.74) is 5.79. The summed E-state index contributed by atoms with van der Waals surface area (Å²) in [6.07, 6.45) is 5.60. The van der Waals surface area contributed by atoms with Crippen molar-refractivity contribution in [2.45, 2.75) is 26.2 Å². The van der Waals surface area contributed by atoms with Crippen LogP contribution >= 0.6 is 0 Å². The van der Waals surface area contributed by atoms with Gasteiger partial charge in [-0.15, -0.1) is 0 Å². The maximum atomic E-state index is 9.64. The Bertz CT molecular complexity index is 782. The van der Waals surface area contributed by atoms with E-state index < -0.39 is 0 Å². The van der Waals surface area contributed by atoms with Gasteiger partial charge in [-0.1, -0.05) is 43.4 Å². The SMILES string of the molecule is C=C1CC=C2c3ccc4cc(O)ccc4c3CC[C@]12C. The topological polar surface area (TPSA) is 20.2 Å². The van der Waals surface area contributed by atoms with Crippen LogP contribution in [-0.2, 0) is 6.42 Å². The molecular formula is C19H18O. The van der Waals surface area contributed by atoms with Crippen LogP contribution in [0.2, 0.25) is 0 Å². The summed E-state index contributed by atoms with van der Waals surface area (Å²) in [5.74, 6) is 0.339. The van der Waals surface area contributed by atoms with Crippen molar-refractivity contribution in [3.05, 3.63) is 59.7 Å². The summed E-state index contributed by atoms with van der Waals surface area (Å²) in [7, 11) is 0. The molecule has 0 aliphatic heterocycles. The largest absolute Gasteiger partial charge is 0.508 e. The molecule has 2 aromatic carbocycles. The van der Waals surface area contributed by atoms with Crippen molar-refractivity contribution in [1.82, 2.24) is 0 Å². The van der Waals surface area contributed by atoms with E-state index in [4.69, 9.17) is 0 Å². The summed E-state index contributed by atoms with van der Waals surface area (Å²) >= 11 is 0. The van der Waals surface area contributed by atoms with Gasteiger partial charge in [0.1, 0.15) is 5.75 Å². The lowest BCUT2D eigenvalue weighted by atomic mass is 9.68. The Hall–Kier alpha value is -2.02. The highest BCUT2D eigenvalue weighted by Gasteiger charge is 2.40. The highest BCUT2D eigenvalue weighted by molar-refractivity contribution is 5.94. The van der Waals surface area contributed by atoms with Crippen molar-refractivity contribution >= 4 is 16.3 Å². The number of benzene rings is 2. The van der Waals surface area contributed by atoms with Gasteiger partial charge in [-0.25, -0.2) is 0 Å². The molecule has 1 heteroatoms. The number of phenols is 1. The molecule has 4 rings (SSSR count). The van der Waals surface area contributed by atoms with Gasteiger partial charge in [0.05, 0.1) is 0 Å². The molecule has 0 saturated carbocycles. The van der Waals surface area contributed by atoms with Gasteiger partial charge in [0.15, 0.2) is 0 Å². The summed E-state index contributed by atoms with van der Waals surface area (Å²) in [6.45, 7) is 6.60. The molecule has 0 spiro atoms. The van der Waals surface area contributed by atoms with E-state index in [1.807, 2.05) is 6.07 Å². The Kier molecular flexibility index (Phi) is 2.21. The normalized spacial score (nSPS) is 24.4. The highest BCUT2D eigenvalue weighted by Crippen LogP contribution is 2.54. The van der Waals surface area contributed by atoms with Gasteiger partial charge in [-0.05, 0) is 58.9 Å². The molecule has 2 aromatic rings. The molecule has 2 aliphatic carbocycles. The van der Waals surface area contributed by atoms with E-state index in [-0.39, 0.29) is 5.41 Å². The second kappa shape index (κ2) is 3.76. The van der Waals surface area contributed by atoms with Crippen molar-refractivity contribution in [1.29, 1.82) is 0 Å². The first-order valence-electron chi connectivity index (χ1n) is 7.23. The molecule has 0 radical (unpaired) electrons. The van der Waals surface area contributed by atoms with E-state index >= 15 is 0 Å². The number of aromatic hydroxyl groups is 1. The minimum absolute atomic E-state index is 0.164. The average Bonchev–Trinajstić information content (AvgIpc) is 2.74. The maximum Gasteiger partial charge on any atom is 0.116 e. The molecule has 0 heterocycles. The summed E-state index contributed by atoms with van der Waals surface area (Å²) in [4.78, 5) is 0. The Balaban J connectivity index is 2.00. The smallest absolute Gasteiger partial charge is 0.116 e. The number of hydrogen-bond donors (Lipinski definition) is 1. The molecule has 0 saturated heterocycles. The second-order valence-corrected chi connectivity index (χ2v) is 6.25. The van der Waals surface area contributed by atoms with Crippen LogP contribution in [0.25, 0.3) is 16.3 Å². The van der Waals surface area contributed by atoms with Gasteiger partial charge < -0.3 is 5.11 Å². The maximum absolute atomic E-state index is 9.64. The van der Waals surface area contributed by atoms with Gasteiger partial charge in [0.2, 0.25) is 0 Å². The third-order valence-corrected chi connectivity index (χ3v) is 5.21. The number of aryl methyl sites for hydroxylation is 1. The van der Waals surface area contributed by atoms with E-state index in [0.717, 1.165) is 24.6 Å². The first-order valence-corrected chi connectivity index (χ1v) is 7.23. The zero-order valence-corrected chi connectivity index (χ0v) is 11.7. The molecule has 0 unspecified atom stereocenters. The lowest BCUT2D eigenvalue weighted by molar-refractivity contribution is 0.476. The second-order valence-electron chi connectivity index (χ2n) is 6.25. The quantitative estimate of drug-likeness (QED) is 0.673. The average molecular weight is 262 g/mol. The van der Waals surface area contributed by atoms with E-state index in [0.29, 0.717) is 5.75 Å². The number of fused-ring (bicyclic) bond motifs is 5. The minimum atomic E-state index is 0.164. The Labute approximate surface area is 119 Å². The van der Waals surface area contributed by atoms with Gasteiger partial charge in [-0.2, -0.15) is 0 Å². The van der Waals surface area contributed by atoms with Crippen molar-refractivity contribution in [2.24, 2.45) is 5.41 Å². The first-order chi connectivity index (χ1) is 9.59. The fourth-order valence-corrected chi connectivity index (χ4v) is 3.86. The van der Waals surface area contributed by atoms with Crippen LogP contribution in [0.4, 0.5) is 0 Å². The van der Waals surface area contributed by atoms with E-state index in [1.54, 1.807) is 6.07 Å². The molecule has 1 atom stereocenters. The van der Waals surface area contributed by atoms with Crippen LogP contribution in [0, 0.1) is 5.41 Å². The first kappa shape index (κ1) is 11.8. The third kappa shape index (κ3) is 1.38. The lowest BCUT2D eigenvalue weighted by Crippen LogP contribution is -2.23. The molecule has 20 heavy (non-hydrogen) atoms. The van der Waals surface area contributed by atoms with Gasteiger partial charge in [0, 0.05) is 5.41 Å². The molecule has 0 aromatic heterocycles. The number of hydrogen-bond acceptors (Lipinski definition) is 1. The fourth-order valence-electron chi connectivity index (χ4n) is 3.86. The van der Waals surface area contributed by atoms with E-state index in [9.17, 15) is 5.11 Å². The zero-order chi connectivity index (χ0) is 13.9. The van der Waals surface area contributed by atoms with Crippen molar-refractivity contribution in [2.75, 3.05) is 0 Å². The van der Waals surface area contributed by atoms with E-state index in [1.165, 1.54) is 27.7 Å². The molecule has 100 valence electrons. The molecule has 1 N–H and O–H groups in total. The monoisotopic (exact) mass is 262 g/mol. The molecule has 0 bridgehead atoms. The van der Waals surface area contributed by atoms with Crippen LogP contribution in [0.3, 0.4) is 0 Å². The molecule has 2 aliphatic rings. The molecule has 0 fully saturated rings. The van der Waals surface area contributed by atoms with Gasteiger partial charge in [0.25, 0.3) is 0 Å². The zero-order valence-electron chi connectivity index (χ0n) is 11.7. The van der Waals surface area contributed by atoms with E-state index in [2.05, 4.69) is 37.8 Å². The van der Waals surface area contributed by atoms with Crippen LogP contribution in [0.5, 0.6) is 5.75 Å². The molecular weight excluding hydrogens is 244 g/mol. The molecule has 0 amide bonds. The Morgan fingerprint density at radius 2 is 2.05 bits per heavy atom. The van der Waals surface area contributed by atoms with Gasteiger partial charge >= 0.3 is 0 Å². The number of phenolic OH excluding ortho intramolecular Hbond substituents is 1. The Morgan fingerprint density at radius 1 is 1.20 bits per heavy atom. The predicted octanol–water partition coefficient (Wildman–Crippen LogP) is 4.84. The number of allylic oxidation sites excluding steroid dienone is 3. The highest BCUT2D eigenvalue weighted by atomic mass is 16.3. The Morgan fingerprint density at radius 3 is 2.90 bits per heavy atom. The fraction of sp³-hybridized carbons (Fsp3) is 0.263. The third-order valence-electron chi connectivity index (χ3n) is 5.21.